The number of hydrogen-bond donors (Lipinski definition) is 1. The number of pyridine rings is 1. The van der Waals surface area contributed by atoms with E-state index in [2.05, 4.69) is 22.0 Å². The molecule has 0 bridgehead atoms. The standard InChI is InChI=1S/C19H24N4OS.C2HF3O2/c1-14-5-4-6-15(20-14)13-22-11-7-16-17(8-12-22)25-18(21-16)19(24)23-9-2-3-10-23;3-2(4,5)1(6)7/h4-6H,2-3,7-13H2,1H3;(H,6,7). The SMILES string of the molecule is Cc1cccc(CN2CCc3nc(C(=O)N4CCCC4)sc3CC2)n1.O=C(O)C(F)(F)F. The summed E-state index contributed by atoms with van der Waals surface area (Å²) in [5.74, 6) is -2.62. The van der Waals surface area contributed by atoms with E-state index < -0.39 is 12.1 Å². The fourth-order valence-corrected chi connectivity index (χ4v) is 4.70. The highest BCUT2D eigenvalue weighted by atomic mass is 32.1. The smallest absolute Gasteiger partial charge is 0.475 e. The molecule has 11 heteroatoms. The van der Waals surface area contributed by atoms with E-state index in [0.29, 0.717) is 5.01 Å². The number of aromatic nitrogens is 2. The highest BCUT2D eigenvalue weighted by Gasteiger charge is 2.38. The molecule has 1 saturated heterocycles. The number of alkyl halides is 3. The zero-order valence-electron chi connectivity index (χ0n) is 17.7. The van der Waals surface area contributed by atoms with Gasteiger partial charge in [-0.15, -0.1) is 11.3 Å². The van der Waals surface area contributed by atoms with Gasteiger partial charge in [0.05, 0.1) is 11.4 Å². The van der Waals surface area contributed by atoms with Crippen LogP contribution < -0.4 is 0 Å². The molecule has 0 atom stereocenters. The van der Waals surface area contributed by atoms with E-state index >= 15 is 0 Å². The van der Waals surface area contributed by atoms with Crippen molar-refractivity contribution in [1.82, 2.24) is 19.8 Å². The van der Waals surface area contributed by atoms with E-state index in [-0.39, 0.29) is 5.91 Å². The number of halogens is 3. The molecular formula is C21H25F3N4O3S. The molecule has 0 aliphatic carbocycles. The van der Waals surface area contributed by atoms with Gasteiger partial charge in [0.25, 0.3) is 5.91 Å². The number of nitrogens with zero attached hydrogens (tertiary/aromatic N) is 4. The predicted octanol–water partition coefficient (Wildman–Crippen LogP) is 3.32. The fourth-order valence-electron chi connectivity index (χ4n) is 3.63. The number of carboxylic acids is 1. The Hall–Kier alpha value is -2.53. The van der Waals surface area contributed by atoms with Crippen LogP contribution in [0.25, 0.3) is 0 Å². The van der Waals surface area contributed by atoms with Crippen LogP contribution in [0.2, 0.25) is 0 Å². The molecule has 7 nitrogen and oxygen atoms in total. The third kappa shape index (κ3) is 6.49. The van der Waals surface area contributed by atoms with Crippen molar-refractivity contribution in [1.29, 1.82) is 0 Å². The summed E-state index contributed by atoms with van der Waals surface area (Å²) in [5.41, 5.74) is 3.33. The van der Waals surface area contributed by atoms with E-state index in [9.17, 15) is 18.0 Å². The van der Waals surface area contributed by atoms with Gasteiger partial charge < -0.3 is 10.0 Å². The van der Waals surface area contributed by atoms with Gasteiger partial charge in [-0.05, 0) is 38.3 Å². The lowest BCUT2D eigenvalue weighted by molar-refractivity contribution is -0.192. The number of likely N-dealkylation sites (tertiary alicyclic amines) is 1. The van der Waals surface area contributed by atoms with Crippen molar-refractivity contribution in [2.24, 2.45) is 0 Å². The number of amides is 1. The maximum absolute atomic E-state index is 12.5. The molecule has 0 spiro atoms. The summed E-state index contributed by atoms with van der Waals surface area (Å²) >= 11 is 1.61. The Kier molecular flexibility index (Phi) is 7.83. The highest BCUT2D eigenvalue weighted by molar-refractivity contribution is 7.13. The van der Waals surface area contributed by atoms with Gasteiger partial charge in [0.2, 0.25) is 0 Å². The topological polar surface area (TPSA) is 86.6 Å². The second-order valence-electron chi connectivity index (χ2n) is 7.74. The van der Waals surface area contributed by atoms with Crippen LogP contribution in [-0.4, -0.2) is 69.1 Å². The zero-order valence-corrected chi connectivity index (χ0v) is 18.5. The monoisotopic (exact) mass is 470 g/mol. The first-order valence-corrected chi connectivity index (χ1v) is 11.2. The van der Waals surface area contributed by atoms with E-state index in [1.165, 1.54) is 4.88 Å². The van der Waals surface area contributed by atoms with Gasteiger partial charge in [-0.1, -0.05) is 6.07 Å². The van der Waals surface area contributed by atoms with Crippen LogP contribution in [0.4, 0.5) is 13.2 Å². The van der Waals surface area contributed by atoms with Crippen LogP contribution in [-0.2, 0) is 24.2 Å². The van der Waals surface area contributed by atoms with Crippen LogP contribution in [0.1, 0.15) is 44.6 Å². The number of aliphatic carboxylic acids is 1. The second-order valence-corrected chi connectivity index (χ2v) is 8.82. The van der Waals surface area contributed by atoms with Crippen LogP contribution in [0.15, 0.2) is 18.2 Å². The number of hydrogen-bond acceptors (Lipinski definition) is 6. The molecule has 0 radical (unpaired) electrons. The molecular weight excluding hydrogens is 445 g/mol. The summed E-state index contributed by atoms with van der Waals surface area (Å²) in [6.07, 6.45) is -0.936. The number of carbonyl (C=O) groups is 2. The van der Waals surface area contributed by atoms with Crippen molar-refractivity contribution in [2.75, 3.05) is 26.2 Å². The van der Waals surface area contributed by atoms with Crippen molar-refractivity contribution in [3.63, 3.8) is 0 Å². The Morgan fingerprint density at radius 1 is 1.09 bits per heavy atom. The van der Waals surface area contributed by atoms with Crippen molar-refractivity contribution in [2.45, 2.75) is 45.3 Å². The molecule has 2 aromatic heterocycles. The largest absolute Gasteiger partial charge is 0.490 e. The minimum atomic E-state index is -5.08. The van der Waals surface area contributed by atoms with Crippen LogP contribution >= 0.6 is 11.3 Å². The van der Waals surface area contributed by atoms with Gasteiger partial charge in [0.15, 0.2) is 5.01 Å². The van der Waals surface area contributed by atoms with Crippen molar-refractivity contribution in [3.05, 3.63) is 45.2 Å². The minimum absolute atomic E-state index is 0.136. The van der Waals surface area contributed by atoms with Gasteiger partial charge in [0, 0.05) is 49.7 Å². The third-order valence-electron chi connectivity index (χ3n) is 5.25. The number of thiazole rings is 1. The average Bonchev–Trinajstić information content (AvgIpc) is 3.36. The summed E-state index contributed by atoms with van der Waals surface area (Å²) < 4.78 is 31.7. The van der Waals surface area contributed by atoms with Gasteiger partial charge in [0.1, 0.15) is 0 Å². The van der Waals surface area contributed by atoms with E-state index in [0.717, 1.165) is 75.5 Å². The second kappa shape index (κ2) is 10.4. The number of aryl methyl sites for hydroxylation is 1. The predicted molar refractivity (Wildman–Crippen MR) is 113 cm³/mol. The van der Waals surface area contributed by atoms with Gasteiger partial charge in [-0.25, -0.2) is 9.78 Å². The Morgan fingerprint density at radius 2 is 1.75 bits per heavy atom. The molecule has 4 heterocycles. The Balaban J connectivity index is 0.000000360. The van der Waals surface area contributed by atoms with E-state index in [4.69, 9.17) is 14.9 Å². The summed E-state index contributed by atoms with van der Waals surface area (Å²) in [7, 11) is 0. The average molecular weight is 471 g/mol. The lowest BCUT2D eigenvalue weighted by Gasteiger charge is -2.19. The first-order chi connectivity index (χ1) is 15.1. The molecule has 1 N–H and O–H groups in total. The van der Waals surface area contributed by atoms with E-state index in [1.807, 2.05) is 17.9 Å². The van der Waals surface area contributed by atoms with Crippen molar-refractivity contribution >= 4 is 23.2 Å². The molecule has 32 heavy (non-hydrogen) atoms. The summed E-state index contributed by atoms with van der Waals surface area (Å²) in [6.45, 7) is 6.68. The normalized spacial score (nSPS) is 16.7. The van der Waals surface area contributed by atoms with Crippen LogP contribution in [0.3, 0.4) is 0 Å². The summed E-state index contributed by atoms with van der Waals surface area (Å²) in [6, 6.07) is 6.20. The van der Waals surface area contributed by atoms with Gasteiger partial charge in [-0.2, -0.15) is 13.2 Å². The Bertz CT molecular complexity index is 933. The summed E-state index contributed by atoms with van der Waals surface area (Å²) in [5, 5.41) is 7.82. The fraction of sp³-hybridized carbons (Fsp3) is 0.524. The maximum Gasteiger partial charge on any atom is 0.490 e. The summed E-state index contributed by atoms with van der Waals surface area (Å²) in [4.78, 5) is 36.4. The first-order valence-electron chi connectivity index (χ1n) is 10.4. The first kappa shape index (κ1) is 24.1. The third-order valence-corrected chi connectivity index (χ3v) is 6.39. The number of fused-ring (bicyclic) bond motifs is 1. The lowest BCUT2D eigenvalue weighted by Crippen LogP contribution is -2.28. The molecule has 4 rings (SSSR count). The van der Waals surface area contributed by atoms with Crippen molar-refractivity contribution in [3.8, 4) is 0 Å². The molecule has 174 valence electrons. The number of carboxylic acid groups (broad SMARTS) is 1. The molecule has 0 saturated carbocycles. The quantitative estimate of drug-likeness (QED) is 0.741. The van der Waals surface area contributed by atoms with Gasteiger partial charge >= 0.3 is 12.1 Å². The molecule has 1 fully saturated rings. The molecule has 2 aromatic rings. The number of carbonyl (C=O) groups excluding carboxylic acids is 1. The molecule has 2 aliphatic rings. The maximum atomic E-state index is 12.5. The zero-order chi connectivity index (χ0) is 23.3. The van der Waals surface area contributed by atoms with Gasteiger partial charge in [-0.3, -0.25) is 14.7 Å². The Morgan fingerprint density at radius 3 is 2.38 bits per heavy atom. The minimum Gasteiger partial charge on any atom is -0.475 e. The number of rotatable bonds is 3. The van der Waals surface area contributed by atoms with Crippen LogP contribution in [0, 0.1) is 6.92 Å². The van der Waals surface area contributed by atoms with E-state index in [1.54, 1.807) is 11.3 Å². The highest BCUT2D eigenvalue weighted by Crippen LogP contribution is 2.25. The molecule has 0 aromatic carbocycles. The molecule has 2 aliphatic heterocycles. The Labute approximate surface area is 187 Å². The molecule has 1 amide bonds. The molecule has 0 unspecified atom stereocenters. The van der Waals surface area contributed by atoms with Crippen molar-refractivity contribution < 1.29 is 27.9 Å². The van der Waals surface area contributed by atoms with Crippen LogP contribution in [0.5, 0.6) is 0 Å². The lowest BCUT2D eigenvalue weighted by atomic mass is 10.2.